The Kier molecular flexibility index (Phi) is 11.3. The van der Waals surface area contributed by atoms with Gasteiger partial charge in [0.15, 0.2) is 0 Å². The van der Waals surface area contributed by atoms with E-state index in [1.807, 2.05) is 12.3 Å². The number of nitrogens with one attached hydrogen (secondary N) is 2. The summed E-state index contributed by atoms with van der Waals surface area (Å²) in [6, 6.07) is 21.9. The lowest BCUT2D eigenvalue weighted by Crippen LogP contribution is -2.34. The van der Waals surface area contributed by atoms with Crippen LogP contribution in [0.25, 0.3) is 0 Å². The lowest BCUT2D eigenvalue weighted by Gasteiger charge is -2.27. The summed E-state index contributed by atoms with van der Waals surface area (Å²) in [4.78, 5) is 46.5. The van der Waals surface area contributed by atoms with Gasteiger partial charge in [-0.15, -0.1) is 11.8 Å². The lowest BCUT2D eigenvalue weighted by molar-refractivity contribution is 0.0520. The third-order valence-corrected chi connectivity index (χ3v) is 7.26. The van der Waals surface area contributed by atoms with Crippen molar-refractivity contribution in [2.45, 2.75) is 31.3 Å². The van der Waals surface area contributed by atoms with Gasteiger partial charge in [0.1, 0.15) is 23.8 Å². The number of carbonyl (C=O) groups excluding carboxylic acids is 3. The molecule has 0 atom stereocenters. The van der Waals surface area contributed by atoms with Gasteiger partial charge >= 0.3 is 6.09 Å². The molecule has 1 heterocycles. The molecule has 4 rings (SSSR count). The molecule has 0 fully saturated rings. The number of hydrogen-bond donors (Lipinski definition) is 2. The lowest BCUT2D eigenvalue weighted by atomic mass is 10.1. The Morgan fingerprint density at radius 2 is 1.62 bits per heavy atom. The van der Waals surface area contributed by atoms with Crippen LogP contribution in [0.4, 0.5) is 22.0 Å². The van der Waals surface area contributed by atoms with Crippen LogP contribution in [0.5, 0.6) is 5.75 Å². The zero-order valence-electron chi connectivity index (χ0n) is 25.1. The predicted molar refractivity (Wildman–Crippen MR) is 180 cm³/mol. The molecule has 0 spiro atoms. The topological polar surface area (TPSA) is 110 Å². The van der Waals surface area contributed by atoms with Crippen molar-refractivity contribution in [3.63, 3.8) is 0 Å². The van der Waals surface area contributed by atoms with E-state index in [9.17, 15) is 14.4 Å². The van der Waals surface area contributed by atoms with E-state index in [1.165, 1.54) is 28.9 Å². The maximum absolute atomic E-state index is 14.3. The first kappa shape index (κ1) is 33.6. The van der Waals surface area contributed by atoms with Crippen molar-refractivity contribution in [2.24, 2.45) is 0 Å². The summed E-state index contributed by atoms with van der Waals surface area (Å²) in [6.45, 7) is 5.55. The molecule has 2 N–H and O–H groups in total. The number of thioether (sulfide) groups is 1. The number of pyridine rings is 1. The summed E-state index contributed by atoms with van der Waals surface area (Å²) >= 11 is 13.8. The number of anilines is 3. The standard InChI is InChI=1S/C33H32Cl2N4O5S/c1-33(2,3)44-32(42)36-16-17-43-28-19-24(45-4)12-14-27(28)39(31(41)21-8-6-5-7-9-21)26-13-10-22(34)18-25(26)30(40)38-29-15-11-23(35)20-37-29/h5-15,18-20H,16-17H2,1-4H3,(H,36,42)(H,37,38,40). The van der Waals surface area contributed by atoms with E-state index in [-0.39, 0.29) is 30.2 Å². The second kappa shape index (κ2) is 15.2. The van der Waals surface area contributed by atoms with Crippen LogP contribution in [-0.4, -0.2) is 47.9 Å². The Balaban J connectivity index is 1.75. The highest BCUT2D eigenvalue weighted by Crippen LogP contribution is 2.40. The van der Waals surface area contributed by atoms with Crippen molar-refractivity contribution in [3.05, 3.63) is 106 Å². The van der Waals surface area contributed by atoms with E-state index in [0.717, 1.165) is 4.90 Å². The number of halogens is 2. The van der Waals surface area contributed by atoms with Crippen LogP contribution in [-0.2, 0) is 4.74 Å². The Hall–Kier alpha value is -4.25. The van der Waals surface area contributed by atoms with Gasteiger partial charge in [0.05, 0.1) is 28.5 Å². The molecular formula is C33H32Cl2N4O5S. The Bertz CT molecular complexity index is 1660. The average molecular weight is 668 g/mol. The van der Waals surface area contributed by atoms with Crippen molar-refractivity contribution in [1.82, 2.24) is 10.3 Å². The molecule has 0 saturated heterocycles. The first-order chi connectivity index (χ1) is 21.4. The van der Waals surface area contributed by atoms with Gasteiger partial charge in [-0.05, 0) is 87.7 Å². The van der Waals surface area contributed by atoms with Crippen LogP contribution < -0.4 is 20.3 Å². The Morgan fingerprint density at radius 1 is 0.911 bits per heavy atom. The fraction of sp³-hybridized carbons (Fsp3) is 0.212. The molecule has 9 nitrogen and oxygen atoms in total. The molecule has 0 radical (unpaired) electrons. The van der Waals surface area contributed by atoms with Gasteiger partial charge in [0.25, 0.3) is 11.8 Å². The largest absolute Gasteiger partial charge is 0.490 e. The van der Waals surface area contributed by atoms with Gasteiger partial charge in [-0.1, -0.05) is 41.4 Å². The zero-order valence-corrected chi connectivity index (χ0v) is 27.4. The molecular weight excluding hydrogens is 635 g/mol. The Labute approximate surface area is 276 Å². The van der Waals surface area contributed by atoms with E-state index in [1.54, 1.807) is 87.5 Å². The quantitative estimate of drug-likeness (QED) is 0.130. The van der Waals surface area contributed by atoms with Gasteiger partial charge in [-0.3, -0.25) is 14.5 Å². The normalized spacial score (nSPS) is 11.0. The number of aromatic nitrogens is 1. The highest BCUT2D eigenvalue weighted by atomic mass is 35.5. The van der Waals surface area contributed by atoms with Crippen molar-refractivity contribution in [3.8, 4) is 5.75 Å². The number of amides is 3. The predicted octanol–water partition coefficient (Wildman–Crippen LogP) is 8.24. The SMILES string of the molecule is CSc1ccc(N(C(=O)c2ccccc2)c2ccc(Cl)cc2C(=O)Nc2ccc(Cl)cn2)c(OCCNC(=O)OC(C)(C)C)c1. The van der Waals surface area contributed by atoms with Crippen LogP contribution in [0.15, 0.2) is 90.0 Å². The summed E-state index contributed by atoms with van der Waals surface area (Å²) in [7, 11) is 0. The summed E-state index contributed by atoms with van der Waals surface area (Å²) in [6.07, 6.45) is 2.76. The molecule has 0 saturated carbocycles. The number of nitrogens with zero attached hydrogens (tertiary/aromatic N) is 2. The number of carbonyl (C=O) groups is 3. The number of ether oxygens (including phenoxy) is 2. The number of hydrogen-bond acceptors (Lipinski definition) is 7. The van der Waals surface area contributed by atoms with Crippen LogP contribution in [0.3, 0.4) is 0 Å². The first-order valence-electron chi connectivity index (χ1n) is 13.8. The van der Waals surface area contributed by atoms with E-state index in [4.69, 9.17) is 32.7 Å². The second-order valence-corrected chi connectivity index (χ2v) is 12.3. The van der Waals surface area contributed by atoms with E-state index < -0.39 is 23.5 Å². The summed E-state index contributed by atoms with van der Waals surface area (Å²) in [5.74, 6) is -0.331. The average Bonchev–Trinajstić information content (AvgIpc) is 3.01. The summed E-state index contributed by atoms with van der Waals surface area (Å²) in [5.41, 5.74) is 0.489. The minimum atomic E-state index is -0.644. The summed E-state index contributed by atoms with van der Waals surface area (Å²) in [5, 5.41) is 6.13. The van der Waals surface area contributed by atoms with Gasteiger partial charge in [0.2, 0.25) is 0 Å². The second-order valence-electron chi connectivity index (χ2n) is 10.6. The van der Waals surface area contributed by atoms with Gasteiger partial charge < -0.3 is 20.1 Å². The van der Waals surface area contributed by atoms with Gasteiger partial charge in [0, 0.05) is 21.7 Å². The molecule has 3 aromatic carbocycles. The highest BCUT2D eigenvalue weighted by molar-refractivity contribution is 7.98. The molecule has 234 valence electrons. The molecule has 1 aromatic heterocycles. The minimum Gasteiger partial charge on any atom is -0.490 e. The zero-order chi connectivity index (χ0) is 32.6. The van der Waals surface area contributed by atoms with Gasteiger partial charge in [-0.2, -0.15) is 0 Å². The van der Waals surface area contributed by atoms with E-state index >= 15 is 0 Å². The number of alkyl carbamates (subject to hydrolysis) is 1. The minimum absolute atomic E-state index is 0.0770. The molecule has 0 aliphatic rings. The van der Waals surface area contributed by atoms with Crippen molar-refractivity contribution >= 4 is 70.1 Å². The molecule has 4 aromatic rings. The van der Waals surface area contributed by atoms with Crippen LogP contribution in [0.1, 0.15) is 41.5 Å². The molecule has 45 heavy (non-hydrogen) atoms. The van der Waals surface area contributed by atoms with E-state index in [0.29, 0.717) is 27.0 Å². The molecule has 12 heteroatoms. The molecule has 0 aliphatic carbocycles. The molecule has 0 aliphatic heterocycles. The maximum atomic E-state index is 14.3. The fourth-order valence-electron chi connectivity index (χ4n) is 4.13. The van der Waals surface area contributed by atoms with Crippen molar-refractivity contribution in [2.75, 3.05) is 29.6 Å². The van der Waals surface area contributed by atoms with Crippen LogP contribution in [0, 0.1) is 0 Å². The van der Waals surface area contributed by atoms with E-state index in [2.05, 4.69) is 15.6 Å². The monoisotopic (exact) mass is 666 g/mol. The number of benzene rings is 3. The molecule has 0 unspecified atom stereocenters. The molecule has 3 amide bonds. The Morgan fingerprint density at radius 3 is 2.29 bits per heavy atom. The fourth-order valence-corrected chi connectivity index (χ4v) is 4.84. The van der Waals surface area contributed by atoms with Crippen LogP contribution >= 0.6 is 35.0 Å². The smallest absolute Gasteiger partial charge is 0.407 e. The molecule has 0 bridgehead atoms. The highest BCUT2D eigenvalue weighted by Gasteiger charge is 2.28. The third kappa shape index (κ3) is 9.37. The van der Waals surface area contributed by atoms with Crippen molar-refractivity contribution in [1.29, 1.82) is 0 Å². The first-order valence-corrected chi connectivity index (χ1v) is 15.8. The third-order valence-electron chi connectivity index (χ3n) is 6.07. The maximum Gasteiger partial charge on any atom is 0.407 e. The number of rotatable bonds is 10. The summed E-state index contributed by atoms with van der Waals surface area (Å²) < 4.78 is 11.5. The van der Waals surface area contributed by atoms with Gasteiger partial charge in [-0.25, -0.2) is 9.78 Å². The van der Waals surface area contributed by atoms with Crippen molar-refractivity contribution < 1.29 is 23.9 Å². The van der Waals surface area contributed by atoms with Crippen LogP contribution in [0.2, 0.25) is 10.0 Å².